The molecule has 4 aliphatic carbocycles. The predicted molar refractivity (Wildman–Crippen MR) is 127 cm³/mol. The zero-order valence-electron chi connectivity index (χ0n) is 21.0. The highest BCUT2D eigenvalue weighted by atomic mass is 16.3. The maximum atomic E-state index is 11.1. The molecule has 5 nitrogen and oxygen atoms in total. The summed E-state index contributed by atoms with van der Waals surface area (Å²) in [5.41, 5.74) is 0.122. The van der Waals surface area contributed by atoms with E-state index in [2.05, 4.69) is 36.3 Å². The lowest BCUT2D eigenvalue weighted by molar-refractivity contribution is -0.138. The van der Waals surface area contributed by atoms with Crippen LogP contribution in [0.1, 0.15) is 104 Å². The maximum absolute atomic E-state index is 11.1. The number of hydrogen-bond donors (Lipinski definition) is 1. The number of aliphatic hydroxyl groups is 1. The number of aryl methyl sites for hydroxylation is 1. The van der Waals surface area contributed by atoms with E-state index in [0.29, 0.717) is 11.3 Å². The van der Waals surface area contributed by atoms with E-state index in [1.165, 1.54) is 51.4 Å². The summed E-state index contributed by atoms with van der Waals surface area (Å²) in [7, 11) is 0. The molecular formula is C27H46N4O. The van der Waals surface area contributed by atoms with Crippen LogP contribution in [0.5, 0.6) is 0 Å². The molecule has 32 heavy (non-hydrogen) atoms. The molecule has 1 aromatic heterocycles. The second-order valence-electron chi connectivity index (χ2n) is 12.6. The largest absolute Gasteiger partial charge is 0.390 e. The third-order valence-corrected chi connectivity index (χ3v) is 11.0. The van der Waals surface area contributed by atoms with E-state index in [-0.39, 0.29) is 5.60 Å². The highest BCUT2D eigenvalue weighted by Gasteiger charge is 2.56. The smallest absolute Gasteiger partial charge is 0.148 e. The number of nitrogens with zero attached hydrogens (tertiary/aromatic N) is 4. The Labute approximate surface area is 195 Å². The Morgan fingerprint density at radius 3 is 2.62 bits per heavy atom. The topological polar surface area (TPSA) is 63.8 Å². The Balaban J connectivity index is 1.31. The number of aromatic nitrogens is 4. The third kappa shape index (κ3) is 3.84. The van der Waals surface area contributed by atoms with Crippen molar-refractivity contribution in [3.63, 3.8) is 0 Å². The van der Waals surface area contributed by atoms with Gasteiger partial charge in [-0.05, 0) is 128 Å². The zero-order valence-corrected chi connectivity index (χ0v) is 21.0. The lowest BCUT2D eigenvalue weighted by atomic mass is 9.44. The second-order valence-corrected chi connectivity index (χ2v) is 12.6. The molecule has 4 aliphatic rings. The predicted octanol–water partition coefficient (Wildman–Crippen LogP) is 5.81. The molecule has 0 saturated heterocycles. The fourth-order valence-electron chi connectivity index (χ4n) is 9.65. The molecule has 0 amide bonds. The van der Waals surface area contributed by atoms with Crippen molar-refractivity contribution in [1.82, 2.24) is 20.2 Å². The molecule has 1 N–H and O–H groups in total. The minimum absolute atomic E-state index is 0.356. The summed E-state index contributed by atoms with van der Waals surface area (Å²) in [4.78, 5) is 0. The third-order valence-electron chi connectivity index (χ3n) is 11.0. The summed E-state index contributed by atoms with van der Waals surface area (Å²) in [6.07, 6.45) is 15.4. The molecule has 5 heteroatoms. The number of hydrogen-bond acceptors (Lipinski definition) is 4. The molecule has 4 fully saturated rings. The quantitative estimate of drug-likeness (QED) is 0.625. The Kier molecular flexibility index (Phi) is 6.18. The molecule has 0 spiro atoms. The van der Waals surface area contributed by atoms with Crippen LogP contribution in [0, 0.1) is 53.8 Å². The molecule has 5 rings (SSSR count). The first-order chi connectivity index (χ1) is 15.3. The van der Waals surface area contributed by atoms with Crippen LogP contribution in [0.3, 0.4) is 0 Å². The molecule has 4 saturated carbocycles. The van der Waals surface area contributed by atoms with E-state index < -0.39 is 0 Å². The molecule has 0 radical (unpaired) electrons. The van der Waals surface area contributed by atoms with E-state index in [4.69, 9.17) is 0 Å². The summed E-state index contributed by atoms with van der Waals surface area (Å²) < 4.78 is 2.02. The Hall–Kier alpha value is -0.970. The minimum atomic E-state index is -0.356. The van der Waals surface area contributed by atoms with Crippen LogP contribution in [0.2, 0.25) is 0 Å². The van der Waals surface area contributed by atoms with Gasteiger partial charge in [0.05, 0.1) is 5.60 Å². The van der Waals surface area contributed by atoms with Crippen LogP contribution in [0.25, 0.3) is 0 Å². The van der Waals surface area contributed by atoms with Gasteiger partial charge in [-0.1, -0.05) is 33.6 Å². The van der Waals surface area contributed by atoms with Gasteiger partial charge < -0.3 is 5.11 Å². The van der Waals surface area contributed by atoms with E-state index in [0.717, 1.165) is 73.6 Å². The maximum Gasteiger partial charge on any atom is 0.148 e. The number of tetrazole rings is 1. The van der Waals surface area contributed by atoms with Crippen LogP contribution < -0.4 is 0 Å². The van der Waals surface area contributed by atoms with E-state index in [1.54, 1.807) is 0 Å². The molecular weight excluding hydrogens is 396 g/mol. The number of rotatable bonds is 5. The van der Waals surface area contributed by atoms with E-state index in [9.17, 15) is 5.11 Å². The molecule has 180 valence electrons. The van der Waals surface area contributed by atoms with Crippen molar-refractivity contribution < 1.29 is 5.11 Å². The highest BCUT2D eigenvalue weighted by Crippen LogP contribution is 2.64. The Morgan fingerprint density at radius 2 is 1.88 bits per heavy atom. The second kappa shape index (κ2) is 8.67. The SMILES string of the molecule is CCC[C@@]1(O)CC[C@H]2[C@@H](CC[C@@H]3[C@@H]2CC[C@]2(C)[C@@H]([C@@H](C)Cn4nnnc4C)CCC[C@@H]32)C1. The summed E-state index contributed by atoms with van der Waals surface area (Å²) in [6.45, 7) is 10.3. The van der Waals surface area contributed by atoms with Crippen LogP contribution in [0.15, 0.2) is 0 Å². The van der Waals surface area contributed by atoms with Crippen molar-refractivity contribution in [2.75, 3.05) is 0 Å². The van der Waals surface area contributed by atoms with Gasteiger partial charge in [0, 0.05) is 6.54 Å². The fraction of sp³-hybridized carbons (Fsp3) is 0.963. The van der Waals surface area contributed by atoms with Crippen molar-refractivity contribution in [3.05, 3.63) is 5.82 Å². The standard InChI is InChI=1S/C27H46N4O/c1-5-13-27(32)15-12-21-20(16-27)9-10-23-22(21)11-14-26(4)24(7-6-8-25(23)26)18(2)17-31-19(3)28-29-30-31/h18,20-25,32H,5-17H2,1-4H3/t18-,20-,21-,22+,23+,24+,25-,26+,27+/m0/s1. The molecule has 0 aliphatic heterocycles. The fourth-order valence-corrected chi connectivity index (χ4v) is 9.65. The Bertz CT molecular complexity index is 794. The monoisotopic (exact) mass is 442 g/mol. The van der Waals surface area contributed by atoms with Gasteiger partial charge in [0.15, 0.2) is 0 Å². The van der Waals surface area contributed by atoms with Crippen LogP contribution in [-0.2, 0) is 6.54 Å². The molecule has 0 aromatic carbocycles. The molecule has 9 atom stereocenters. The minimum Gasteiger partial charge on any atom is -0.390 e. The molecule has 1 heterocycles. The molecule has 0 bridgehead atoms. The lowest BCUT2D eigenvalue weighted by Gasteiger charge is -2.62. The van der Waals surface area contributed by atoms with Gasteiger partial charge >= 0.3 is 0 Å². The normalized spacial score (nSPS) is 44.9. The first kappa shape index (κ1) is 22.8. The lowest BCUT2D eigenvalue weighted by Crippen LogP contribution is -2.55. The number of fused-ring (bicyclic) bond motifs is 5. The van der Waals surface area contributed by atoms with Gasteiger partial charge in [0.1, 0.15) is 5.82 Å². The van der Waals surface area contributed by atoms with Gasteiger partial charge in [0.25, 0.3) is 0 Å². The Morgan fingerprint density at radius 1 is 1.06 bits per heavy atom. The van der Waals surface area contributed by atoms with Crippen molar-refractivity contribution >= 4 is 0 Å². The summed E-state index contributed by atoms with van der Waals surface area (Å²) in [6, 6.07) is 0. The average molecular weight is 443 g/mol. The van der Waals surface area contributed by atoms with Gasteiger partial charge in [-0.3, -0.25) is 0 Å². The first-order valence-corrected chi connectivity index (χ1v) is 13.8. The molecule has 1 aromatic rings. The zero-order chi connectivity index (χ0) is 22.5. The summed E-state index contributed by atoms with van der Waals surface area (Å²) in [5.74, 6) is 6.77. The van der Waals surface area contributed by atoms with Crippen LogP contribution in [0.4, 0.5) is 0 Å². The summed E-state index contributed by atoms with van der Waals surface area (Å²) >= 11 is 0. The van der Waals surface area contributed by atoms with Gasteiger partial charge in [0.2, 0.25) is 0 Å². The van der Waals surface area contributed by atoms with Gasteiger partial charge in [-0.2, -0.15) is 0 Å². The van der Waals surface area contributed by atoms with Crippen molar-refractivity contribution in [2.24, 2.45) is 46.8 Å². The first-order valence-electron chi connectivity index (χ1n) is 13.8. The highest BCUT2D eigenvalue weighted by molar-refractivity contribution is 5.06. The summed E-state index contributed by atoms with van der Waals surface area (Å²) in [5, 5.41) is 23.4. The van der Waals surface area contributed by atoms with Crippen molar-refractivity contribution in [2.45, 2.75) is 117 Å². The average Bonchev–Trinajstić information content (AvgIpc) is 3.16. The molecule has 0 unspecified atom stereocenters. The van der Waals surface area contributed by atoms with E-state index in [1.807, 2.05) is 11.6 Å². The van der Waals surface area contributed by atoms with Gasteiger partial charge in [-0.25, -0.2) is 4.68 Å². The van der Waals surface area contributed by atoms with E-state index >= 15 is 0 Å². The van der Waals surface area contributed by atoms with Gasteiger partial charge in [-0.15, -0.1) is 5.10 Å². The van der Waals surface area contributed by atoms with Crippen molar-refractivity contribution in [1.29, 1.82) is 0 Å². The van der Waals surface area contributed by atoms with Crippen LogP contribution >= 0.6 is 0 Å². The van der Waals surface area contributed by atoms with Crippen LogP contribution in [-0.4, -0.2) is 30.9 Å². The van der Waals surface area contributed by atoms with Crippen molar-refractivity contribution in [3.8, 4) is 0 Å².